The quantitative estimate of drug-likeness (QED) is 0.870. The molecule has 0 amide bonds. The van der Waals surface area contributed by atoms with Gasteiger partial charge in [-0.05, 0) is 43.5 Å². The van der Waals surface area contributed by atoms with E-state index in [-0.39, 0.29) is 18.5 Å². The fourth-order valence-corrected chi connectivity index (χ4v) is 2.99. The molecule has 0 aromatic heterocycles. The van der Waals surface area contributed by atoms with Crippen LogP contribution in [-0.2, 0) is 4.74 Å². The lowest BCUT2D eigenvalue weighted by molar-refractivity contribution is -0.0255. The lowest BCUT2D eigenvalue weighted by Crippen LogP contribution is -2.42. The number of halogens is 1. The van der Waals surface area contributed by atoms with Gasteiger partial charge in [0.05, 0.1) is 19.3 Å². The van der Waals surface area contributed by atoms with E-state index >= 15 is 0 Å². The van der Waals surface area contributed by atoms with E-state index in [9.17, 15) is 4.39 Å². The molecule has 1 saturated heterocycles. The standard InChI is InChI=1S/C16H24FNO2/c1-2-16(13-5-7-14(17)8-6-13)18-9-3-4-15(12-18)20-11-10-19/h5-8,15-16,19H,2-4,9-12H2,1H3. The molecule has 1 aliphatic heterocycles. The third-order valence-corrected chi connectivity index (χ3v) is 3.94. The summed E-state index contributed by atoms with van der Waals surface area (Å²) in [5.41, 5.74) is 1.16. The molecule has 0 bridgehead atoms. The number of aliphatic hydroxyl groups excluding tert-OH is 1. The van der Waals surface area contributed by atoms with Gasteiger partial charge in [0.15, 0.2) is 0 Å². The van der Waals surface area contributed by atoms with E-state index in [0.717, 1.165) is 37.9 Å². The van der Waals surface area contributed by atoms with Gasteiger partial charge in [-0.15, -0.1) is 0 Å². The first-order chi connectivity index (χ1) is 9.74. The van der Waals surface area contributed by atoms with Gasteiger partial charge in [0.2, 0.25) is 0 Å². The molecule has 1 aromatic carbocycles. The molecule has 0 spiro atoms. The average Bonchev–Trinajstić information content (AvgIpc) is 2.48. The first-order valence-electron chi connectivity index (χ1n) is 7.46. The molecule has 1 aliphatic rings. The van der Waals surface area contributed by atoms with Crippen molar-refractivity contribution in [3.8, 4) is 0 Å². The summed E-state index contributed by atoms with van der Waals surface area (Å²) >= 11 is 0. The van der Waals surface area contributed by atoms with Gasteiger partial charge in [0.1, 0.15) is 5.82 Å². The van der Waals surface area contributed by atoms with Crippen molar-refractivity contribution in [1.29, 1.82) is 0 Å². The minimum atomic E-state index is -0.189. The number of aliphatic hydroxyl groups is 1. The minimum Gasteiger partial charge on any atom is -0.394 e. The Hall–Kier alpha value is -0.970. The molecule has 1 N–H and O–H groups in total. The van der Waals surface area contributed by atoms with Crippen LogP contribution in [0.25, 0.3) is 0 Å². The Labute approximate surface area is 120 Å². The highest BCUT2D eigenvalue weighted by Gasteiger charge is 2.26. The van der Waals surface area contributed by atoms with Crippen LogP contribution in [0.1, 0.15) is 37.8 Å². The molecule has 1 aromatic rings. The summed E-state index contributed by atoms with van der Waals surface area (Å²) in [6, 6.07) is 7.13. The van der Waals surface area contributed by atoms with Crippen LogP contribution in [0.2, 0.25) is 0 Å². The van der Waals surface area contributed by atoms with Gasteiger partial charge < -0.3 is 9.84 Å². The maximum atomic E-state index is 13.0. The van der Waals surface area contributed by atoms with Crippen molar-refractivity contribution < 1.29 is 14.2 Å². The molecule has 0 saturated carbocycles. The molecule has 3 nitrogen and oxygen atoms in total. The molecule has 112 valence electrons. The fraction of sp³-hybridized carbons (Fsp3) is 0.625. The van der Waals surface area contributed by atoms with Gasteiger partial charge in [-0.3, -0.25) is 4.90 Å². The van der Waals surface area contributed by atoms with Crippen LogP contribution in [0.3, 0.4) is 0 Å². The lowest BCUT2D eigenvalue weighted by Gasteiger charge is -2.38. The molecule has 2 rings (SSSR count). The van der Waals surface area contributed by atoms with E-state index in [1.54, 1.807) is 0 Å². The Morgan fingerprint density at radius 3 is 2.80 bits per heavy atom. The Morgan fingerprint density at radius 2 is 2.15 bits per heavy atom. The van der Waals surface area contributed by atoms with Crippen molar-refractivity contribution in [3.05, 3.63) is 35.6 Å². The lowest BCUT2D eigenvalue weighted by atomic mass is 9.98. The fourth-order valence-electron chi connectivity index (χ4n) is 2.99. The van der Waals surface area contributed by atoms with Gasteiger partial charge in [-0.25, -0.2) is 4.39 Å². The Balaban J connectivity index is 2.01. The number of hydrogen-bond acceptors (Lipinski definition) is 3. The first kappa shape index (κ1) is 15.4. The zero-order chi connectivity index (χ0) is 14.4. The second-order valence-electron chi connectivity index (χ2n) is 5.33. The van der Waals surface area contributed by atoms with Crippen LogP contribution in [0.4, 0.5) is 4.39 Å². The molecule has 2 unspecified atom stereocenters. The minimum absolute atomic E-state index is 0.0751. The molecule has 0 radical (unpaired) electrons. The van der Waals surface area contributed by atoms with E-state index < -0.39 is 0 Å². The number of rotatable bonds is 6. The molecule has 2 atom stereocenters. The van der Waals surface area contributed by atoms with Crippen LogP contribution >= 0.6 is 0 Å². The van der Waals surface area contributed by atoms with Crippen LogP contribution in [-0.4, -0.2) is 42.4 Å². The van der Waals surface area contributed by atoms with Gasteiger partial charge in [0, 0.05) is 12.6 Å². The van der Waals surface area contributed by atoms with Crippen molar-refractivity contribution in [2.24, 2.45) is 0 Å². The zero-order valence-electron chi connectivity index (χ0n) is 12.1. The van der Waals surface area contributed by atoms with Crippen molar-refractivity contribution in [1.82, 2.24) is 4.90 Å². The summed E-state index contributed by atoms with van der Waals surface area (Å²) < 4.78 is 18.7. The van der Waals surface area contributed by atoms with Crippen molar-refractivity contribution in [3.63, 3.8) is 0 Å². The van der Waals surface area contributed by atoms with Gasteiger partial charge in [-0.2, -0.15) is 0 Å². The second-order valence-corrected chi connectivity index (χ2v) is 5.33. The molecule has 20 heavy (non-hydrogen) atoms. The monoisotopic (exact) mass is 281 g/mol. The third kappa shape index (κ3) is 4.01. The number of nitrogens with zero attached hydrogens (tertiary/aromatic N) is 1. The highest BCUT2D eigenvalue weighted by Crippen LogP contribution is 2.28. The summed E-state index contributed by atoms with van der Waals surface area (Å²) in [6.45, 7) is 4.58. The Morgan fingerprint density at radius 1 is 1.40 bits per heavy atom. The predicted molar refractivity (Wildman–Crippen MR) is 77.1 cm³/mol. The SMILES string of the molecule is CCC(c1ccc(F)cc1)N1CCCC(OCCO)C1. The normalized spacial score (nSPS) is 21.9. The number of piperidine rings is 1. The molecular formula is C16H24FNO2. The number of benzene rings is 1. The Bertz CT molecular complexity index is 396. The average molecular weight is 281 g/mol. The predicted octanol–water partition coefficient (Wildman–Crippen LogP) is 2.75. The second kappa shape index (κ2) is 7.72. The van der Waals surface area contributed by atoms with E-state index in [0.29, 0.717) is 12.6 Å². The van der Waals surface area contributed by atoms with E-state index in [4.69, 9.17) is 9.84 Å². The van der Waals surface area contributed by atoms with E-state index in [1.165, 1.54) is 12.1 Å². The topological polar surface area (TPSA) is 32.7 Å². The summed E-state index contributed by atoms with van der Waals surface area (Å²) in [7, 11) is 0. The first-order valence-corrected chi connectivity index (χ1v) is 7.46. The maximum absolute atomic E-state index is 13.0. The van der Waals surface area contributed by atoms with Gasteiger partial charge in [0.25, 0.3) is 0 Å². The third-order valence-electron chi connectivity index (χ3n) is 3.94. The molecule has 1 fully saturated rings. The smallest absolute Gasteiger partial charge is 0.123 e. The number of likely N-dealkylation sites (tertiary alicyclic amines) is 1. The summed E-state index contributed by atoms with van der Waals surface area (Å²) in [5, 5.41) is 8.85. The summed E-state index contributed by atoms with van der Waals surface area (Å²) in [5.74, 6) is -0.189. The van der Waals surface area contributed by atoms with E-state index in [1.807, 2.05) is 12.1 Å². The van der Waals surface area contributed by atoms with Crippen molar-refractivity contribution >= 4 is 0 Å². The molecule has 4 heteroatoms. The van der Waals surface area contributed by atoms with Crippen LogP contribution < -0.4 is 0 Å². The highest BCUT2D eigenvalue weighted by molar-refractivity contribution is 5.20. The highest BCUT2D eigenvalue weighted by atomic mass is 19.1. The molecular weight excluding hydrogens is 257 g/mol. The molecule has 0 aliphatic carbocycles. The van der Waals surface area contributed by atoms with Gasteiger partial charge in [-0.1, -0.05) is 19.1 Å². The van der Waals surface area contributed by atoms with Crippen molar-refractivity contribution in [2.45, 2.75) is 38.3 Å². The van der Waals surface area contributed by atoms with Crippen molar-refractivity contribution in [2.75, 3.05) is 26.3 Å². The van der Waals surface area contributed by atoms with E-state index in [2.05, 4.69) is 11.8 Å². The Kier molecular flexibility index (Phi) is 5.95. The summed E-state index contributed by atoms with van der Waals surface area (Å²) in [6.07, 6.45) is 3.35. The van der Waals surface area contributed by atoms with Crippen LogP contribution in [0.15, 0.2) is 24.3 Å². The largest absolute Gasteiger partial charge is 0.394 e. The van der Waals surface area contributed by atoms with Crippen LogP contribution in [0, 0.1) is 5.82 Å². The van der Waals surface area contributed by atoms with Gasteiger partial charge >= 0.3 is 0 Å². The van der Waals surface area contributed by atoms with Crippen LogP contribution in [0.5, 0.6) is 0 Å². The zero-order valence-corrected chi connectivity index (χ0v) is 12.1. The maximum Gasteiger partial charge on any atom is 0.123 e. The number of hydrogen-bond donors (Lipinski definition) is 1. The summed E-state index contributed by atoms with van der Waals surface area (Å²) in [4.78, 5) is 2.42. The number of ether oxygens (including phenoxy) is 1. The molecule has 1 heterocycles.